The molecule has 1 atom stereocenters. The predicted octanol–water partition coefficient (Wildman–Crippen LogP) is 5.37. The van der Waals surface area contributed by atoms with E-state index in [4.69, 9.17) is 9.47 Å². The van der Waals surface area contributed by atoms with Crippen molar-refractivity contribution in [1.82, 2.24) is 4.57 Å². The summed E-state index contributed by atoms with van der Waals surface area (Å²) in [4.78, 5) is 32.2. The van der Waals surface area contributed by atoms with Gasteiger partial charge in [0.2, 0.25) is 0 Å². The minimum absolute atomic E-state index is 0.223. The number of hydrogen-bond acceptors (Lipinski definition) is 7. The van der Waals surface area contributed by atoms with Gasteiger partial charge in [-0.3, -0.25) is 9.36 Å². The number of esters is 1. The van der Waals surface area contributed by atoms with Crippen LogP contribution in [-0.4, -0.2) is 17.1 Å². The van der Waals surface area contributed by atoms with Gasteiger partial charge < -0.3 is 9.47 Å². The number of thiazole rings is 1. The molecule has 42 heavy (non-hydrogen) atoms. The Balaban J connectivity index is 1.49. The van der Waals surface area contributed by atoms with E-state index >= 15 is 0 Å². The van der Waals surface area contributed by atoms with Crippen LogP contribution >= 0.6 is 11.3 Å². The highest BCUT2D eigenvalue weighted by Crippen LogP contribution is 2.31. The van der Waals surface area contributed by atoms with E-state index < -0.39 is 12.0 Å². The normalized spacial score (nSPS) is 14.8. The van der Waals surface area contributed by atoms with Gasteiger partial charge in [0, 0.05) is 5.56 Å². The van der Waals surface area contributed by atoms with Gasteiger partial charge in [-0.15, -0.1) is 0 Å². The van der Waals surface area contributed by atoms with Crippen LogP contribution in [-0.2, 0) is 16.1 Å². The standard InChI is InChI=1S/C34H31N3O4S/c1-5-40-33(39)30-22(4)36-34-37(31(30)25-14-12-24(13-15-25)21(2)3)32(38)29(42-34)18-23-10-16-28(17-11-23)41-20-27-9-7-6-8-26(27)19-35/h6-18,21,31H,5,20H2,1-4H3. The van der Waals surface area contributed by atoms with E-state index in [1.165, 1.54) is 16.9 Å². The Morgan fingerprint density at radius 2 is 1.81 bits per heavy atom. The molecule has 4 aromatic rings. The molecule has 5 rings (SSSR count). The van der Waals surface area contributed by atoms with Crippen molar-refractivity contribution in [3.8, 4) is 11.8 Å². The zero-order valence-electron chi connectivity index (χ0n) is 24.0. The number of nitrogens with zero attached hydrogens (tertiary/aromatic N) is 3. The predicted molar refractivity (Wildman–Crippen MR) is 163 cm³/mol. The zero-order valence-corrected chi connectivity index (χ0v) is 24.8. The number of allylic oxidation sites excluding steroid dienone is 1. The average molecular weight is 578 g/mol. The largest absolute Gasteiger partial charge is 0.489 e. The highest BCUT2D eigenvalue weighted by Gasteiger charge is 2.33. The van der Waals surface area contributed by atoms with E-state index in [1.54, 1.807) is 24.5 Å². The minimum atomic E-state index is -0.643. The molecular weight excluding hydrogens is 546 g/mol. The molecular formula is C34H31N3O4S. The van der Waals surface area contributed by atoms with Gasteiger partial charge in [0.1, 0.15) is 12.4 Å². The molecule has 0 fully saturated rings. The summed E-state index contributed by atoms with van der Waals surface area (Å²) in [7, 11) is 0. The third kappa shape index (κ3) is 5.83. The fourth-order valence-corrected chi connectivity index (χ4v) is 5.94. The molecule has 0 bridgehead atoms. The highest BCUT2D eigenvalue weighted by molar-refractivity contribution is 7.07. The van der Waals surface area contributed by atoms with Crippen molar-refractivity contribution in [3.63, 3.8) is 0 Å². The maximum absolute atomic E-state index is 13.9. The Morgan fingerprint density at radius 1 is 1.10 bits per heavy atom. The van der Waals surface area contributed by atoms with Gasteiger partial charge in [-0.1, -0.05) is 79.8 Å². The van der Waals surface area contributed by atoms with Crippen LogP contribution < -0.4 is 19.6 Å². The van der Waals surface area contributed by atoms with E-state index in [0.717, 1.165) is 16.7 Å². The Kier molecular flexibility index (Phi) is 8.51. The molecule has 0 N–H and O–H groups in total. The fourth-order valence-electron chi connectivity index (χ4n) is 4.90. The van der Waals surface area contributed by atoms with Crippen molar-refractivity contribution in [2.45, 2.75) is 46.3 Å². The van der Waals surface area contributed by atoms with Gasteiger partial charge in [-0.25, -0.2) is 9.79 Å². The molecule has 0 saturated heterocycles. The van der Waals surface area contributed by atoms with Crippen LogP contribution in [0.25, 0.3) is 6.08 Å². The van der Waals surface area contributed by atoms with Crippen molar-refractivity contribution in [3.05, 3.63) is 132 Å². The monoisotopic (exact) mass is 577 g/mol. The number of rotatable bonds is 8. The summed E-state index contributed by atoms with van der Waals surface area (Å²) in [5, 5.41) is 9.30. The Labute approximate surface area is 248 Å². The third-order valence-corrected chi connectivity index (χ3v) is 8.13. The molecule has 1 aliphatic heterocycles. The zero-order chi connectivity index (χ0) is 29.8. The second kappa shape index (κ2) is 12.4. The topological polar surface area (TPSA) is 93.7 Å². The van der Waals surface area contributed by atoms with Crippen LogP contribution in [0, 0.1) is 11.3 Å². The lowest BCUT2D eigenvalue weighted by Crippen LogP contribution is -2.39. The van der Waals surface area contributed by atoms with Crippen LogP contribution in [0.15, 0.2) is 93.9 Å². The van der Waals surface area contributed by atoms with Crippen LogP contribution in [0.3, 0.4) is 0 Å². The summed E-state index contributed by atoms with van der Waals surface area (Å²) in [6.45, 7) is 8.30. The second-order valence-corrected chi connectivity index (χ2v) is 11.3. The van der Waals surface area contributed by atoms with E-state index in [-0.39, 0.29) is 18.8 Å². The first-order chi connectivity index (χ1) is 20.3. The Morgan fingerprint density at radius 3 is 2.48 bits per heavy atom. The molecule has 0 aliphatic carbocycles. The van der Waals surface area contributed by atoms with Crippen molar-refractivity contribution >= 4 is 23.4 Å². The van der Waals surface area contributed by atoms with E-state index in [0.29, 0.717) is 37.8 Å². The lowest BCUT2D eigenvalue weighted by Gasteiger charge is -2.25. The van der Waals surface area contributed by atoms with Gasteiger partial charge in [-0.2, -0.15) is 5.26 Å². The number of aromatic nitrogens is 1. The van der Waals surface area contributed by atoms with Crippen molar-refractivity contribution in [1.29, 1.82) is 5.26 Å². The molecule has 3 aromatic carbocycles. The summed E-state index contributed by atoms with van der Waals surface area (Å²) >= 11 is 1.29. The first-order valence-corrected chi connectivity index (χ1v) is 14.6. The summed E-state index contributed by atoms with van der Waals surface area (Å²) in [5.41, 5.74) is 4.90. The fraction of sp³-hybridized carbons (Fsp3) is 0.235. The SMILES string of the molecule is CCOC(=O)C1=C(C)N=c2sc(=Cc3ccc(OCc4ccccc4C#N)cc3)c(=O)n2C1c1ccc(C(C)C)cc1. The van der Waals surface area contributed by atoms with Crippen LogP contribution in [0.2, 0.25) is 0 Å². The van der Waals surface area contributed by atoms with E-state index in [9.17, 15) is 14.9 Å². The van der Waals surface area contributed by atoms with Crippen LogP contribution in [0.1, 0.15) is 67.5 Å². The van der Waals surface area contributed by atoms with Crippen LogP contribution in [0.5, 0.6) is 5.75 Å². The van der Waals surface area contributed by atoms with Gasteiger partial charge in [-0.05, 0) is 60.7 Å². The number of carbonyl (C=O) groups excluding carboxylic acids is 1. The second-order valence-electron chi connectivity index (χ2n) is 10.3. The first-order valence-electron chi connectivity index (χ1n) is 13.8. The van der Waals surface area contributed by atoms with Crippen molar-refractivity contribution in [2.75, 3.05) is 6.61 Å². The van der Waals surface area contributed by atoms with Gasteiger partial charge >= 0.3 is 5.97 Å². The van der Waals surface area contributed by atoms with Gasteiger partial charge in [0.25, 0.3) is 5.56 Å². The smallest absolute Gasteiger partial charge is 0.338 e. The minimum Gasteiger partial charge on any atom is -0.489 e. The molecule has 1 unspecified atom stereocenters. The number of ether oxygens (including phenoxy) is 2. The van der Waals surface area contributed by atoms with E-state index in [2.05, 4.69) is 24.9 Å². The Hall–Kier alpha value is -4.74. The summed E-state index contributed by atoms with van der Waals surface area (Å²) < 4.78 is 13.4. The molecule has 0 spiro atoms. The number of carbonyl (C=O) groups is 1. The molecule has 8 heteroatoms. The lowest BCUT2D eigenvalue weighted by atomic mass is 9.93. The molecule has 1 aromatic heterocycles. The lowest BCUT2D eigenvalue weighted by molar-refractivity contribution is -0.139. The summed E-state index contributed by atoms with van der Waals surface area (Å²) in [6, 6.07) is 24.3. The van der Waals surface area contributed by atoms with Gasteiger partial charge in [0.15, 0.2) is 4.80 Å². The highest BCUT2D eigenvalue weighted by atomic mass is 32.1. The van der Waals surface area contributed by atoms with Crippen LogP contribution in [0.4, 0.5) is 0 Å². The molecule has 0 saturated carbocycles. The van der Waals surface area contributed by atoms with E-state index in [1.807, 2.05) is 72.8 Å². The Bertz CT molecular complexity index is 1880. The maximum Gasteiger partial charge on any atom is 0.338 e. The van der Waals surface area contributed by atoms with Gasteiger partial charge in [0.05, 0.1) is 40.1 Å². The molecule has 7 nitrogen and oxygen atoms in total. The average Bonchev–Trinajstić information content (AvgIpc) is 3.30. The summed E-state index contributed by atoms with van der Waals surface area (Å²) in [5.74, 6) is 0.535. The summed E-state index contributed by atoms with van der Waals surface area (Å²) in [6.07, 6.45) is 1.82. The molecule has 1 aliphatic rings. The molecule has 0 amide bonds. The molecule has 0 radical (unpaired) electrons. The molecule has 2 heterocycles. The molecule has 212 valence electrons. The number of nitriles is 1. The van der Waals surface area contributed by atoms with Crippen molar-refractivity contribution in [2.24, 2.45) is 4.99 Å². The number of hydrogen-bond donors (Lipinski definition) is 0. The quantitative estimate of drug-likeness (QED) is 0.263. The first kappa shape index (κ1) is 28.8. The maximum atomic E-state index is 13.9. The number of fused-ring (bicyclic) bond motifs is 1. The van der Waals surface area contributed by atoms with Crippen molar-refractivity contribution < 1.29 is 14.3 Å². The number of benzene rings is 3. The third-order valence-electron chi connectivity index (χ3n) is 7.15.